The van der Waals surface area contributed by atoms with Crippen LogP contribution in [-0.2, 0) is 0 Å². The van der Waals surface area contributed by atoms with Crippen LogP contribution in [0.25, 0.3) is 22.2 Å². The average Bonchev–Trinajstić information content (AvgIpc) is 3.32. The van der Waals surface area contributed by atoms with Gasteiger partial charge >= 0.3 is 0 Å². The Labute approximate surface area is 222 Å². The Kier molecular flexibility index (Phi) is 7.80. The number of benzene rings is 2. The van der Waals surface area contributed by atoms with Gasteiger partial charge in [0.1, 0.15) is 0 Å². The summed E-state index contributed by atoms with van der Waals surface area (Å²) in [6.07, 6.45) is 4.93. The molecule has 37 heavy (non-hydrogen) atoms. The number of ether oxygens (including phenoxy) is 2. The van der Waals surface area contributed by atoms with E-state index in [0.29, 0.717) is 24.0 Å². The van der Waals surface area contributed by atoms with Gasteiger partial charge in [0.2, 0.25) is 0 Å². The molecule has 3 heterocycles. The number of hydrogen-bond donors (Lipinski definition) is 2. The van der Waals surface area contributed by atoms with Crippen LogP contribution in [0.4, 0.5) is 0 Å². The molecule has 5 rings (SSSR count). The Balaban J connectivity index is 1.57. The van der Waals surface area contributed by atoms with E-state index in [1.807, 2.05) is 6.07 Å². The Morgan fingerprint density at radius 1 is 0.946 bits per heavy atom. The molecule has 2 saturated heterocycles. The number of rotatable bonds is 7. The Hall–Kier alpha value is -2.54. The molecule has 0 bridgehead atoms. The van der Waals surface area contributed by atoms with Crippen molar-refractivity contribution in [2.45, 2.75) is 63.6 Å². The second-order valence-corrected chi connectivity index (χ2v) is 11.3. The quantitative estimate of drug-likeness (QED) is 0.426. The third-order valence-electron chi connectivity index (χ3n) is 8.62. The van der Waals surface area contributed by atoms with E-state index in [9.17, 15) is 0 Å². The number of nitrogens with one attached hydrogen (secondary N) is 2. The zero-order valence-corrected chi connectivity index (χ0v) is 23.4. The number of aromatic nitrogens is 1. The molecule has 0 aliphatic carbocycles. The molecule has 6 nitrogen and oxygen atoms in total. The van der Waals surface area contributed by atoms with Gasteiger partial charge in [-0.15, -0.1) is 0 Å². The van der Waals surface area contributed by atoms with E-state index in [1.165, 1.54) is 60.0 Å². The SMILES string of the molecule is COc1ccc(-c2[nH]c3ccc([C@H]4CC(N(C)C)CCN4C4CCNCC4)cc3c2C(C)C)cc1OC. The van der Waals surface area contributed by atoms with Gasteiger partial charge in [-0.05, 0) is 100 Å². The third-order valence-corrected chi connectivity index (χ3v) is 8.62. The summed E-state index contributed by atoms with van der Waals surface area (Å²) in [5.74, 6) is 1.89. The monoisotopic (exact) mass is 504 g/mol. The maximum absolute atomic E-state index is 5.62. The zero-order chi connectivity index (χ0) is 26.1. The molecule has 0 spiro atoms. The minimum atomic E-state index is 0.383. The van der Waals surface area contributed by atoms with Gasteiger partial charge in [-0.3, -0.25) is 4.90 Å². The molecule has 2 atom stereocenters. The molecule has 3 aromatic rings. The van der Waals surface area contributed by atoms with E-state index in [-0.39, 0.29) is 0 Å². The molecule has 2 aliphatic rings. The van der Waals surface area contributed by atoms with Crippen molar-refractivity contribution in [3.05, 3.63) is 47.5 Å². The van der Waals surface area contributed by atoms with Crippen molar-refractivity contribution in [3.63, 3.8) is 0 Å². The van der Waals surface area contributed by atoms with Gasteiger partial charge in [-0.2, -0.15) is 0 Å². The van der Waals surface area contributed by atoms with Gasteiger partial charge in [0.25, 0.3) is 0 Å². The second kappa shape index (κ2) is 11.1. The molecular formula is C31H44N4O2. The smallest absolute Gasteiger partial charge is 0.161 e. The van der Waals surface area contributed by atoms with Crippen molar-refractivity contribution >= 4 is 10.9 Å². The van der Waals surface area contributed by atoms with E-state index in [2.05, 4.69) is 78.4 Å². The number of piperidine rings is 2. The van der Waals surface area contributed by atoms with Crippen LogP contribution < -0.4 is 14.8 Å². The van der Waals surface area contributed by atoms with E-state index in [4.69, 9.17) is 9.47 Å². The lowest BCUT2D eigenvalue weighted by molar-refractivity contribution is 0.0397. The highest BCUT2D eigenvalue weighted by atomic mass is 16.5. The lowest BCUT2D eigenvalue weighted by Gasteiger charge is -2.46. The standard InChI is InChI=1S/C31H44N4O2/c1-20(2)30-25-17-21(27-19-24(34(3)4)13-16-35(27)23-11-14-32-15-12-23)7-9-26(25)33-31(30)22-8-10-28(36-5)29(18-22)37-6/h7-10,17-18,20,23-24,27,32-33H,11-16,19H2,1-6H3/t24?,27-/m1/s1. The van der Waals surface area contributed by atoms with Crippen LogP contribution in [0.15, 0.2) is 36.4 Å². The van der Waals surface area contributed by atoms with Crippen LogP contribution in [0.3, 0.4) is 0 Å². The molecule has 2 N–H and O–H groups in total. The molecule has 2 aliphatic heterocycles. The van der Waals surface area contributed by atoms with Crippen LogP contribution in [0.5, 0.6) is 11.5 Å². The van der Waals surface area contributed by atoms with Gasteiger partial charge in [0, 0.05) is 41.1 Å². The topological polar surface area (TPSA) is 52.8 Å². The third kappa shape index (κ3) is 5.12. The van der Waals surface area contributed by atoms with E-state index < -0.39 is 0 Å². The molecule has 6 heteroatoms. The first kappa shape index (κ1) is 26.1. The Morgan fingerprint density at radius 3 is 2.38 bits per heavy atom. The van der Waals surface area contributed by atoms with Crippen molar-refractivity contribution in [3.8, 4) is 22.8 Å². The minimum Gasteiger partial charge on any atom is -0.493 e. The zero-order valence-electron chi connectivity index (χ0n) is 23.4. The number of hydrogen-bond acceptors (Lipinski definition) is 5. The molecule has 0 radical (unpaired) electrons. The van der Waals surface area contributed by atoms with Crippen LogP contribution in [0.2, 0.25) is 0 Å². The van der Waals surface area contributed by atoms with Crippen molar-refractivity contribution in [2.75, 3.05) is 47.9 Å². The molecule has 200 valence electrons. The molecule has 1 unspecified atom stereocenters. The van der Waals surface area contributed by atoms with Gasteiger partial charge < -0.3 is 24.7 Å². The normalized spacial score (nSPS) is 21.7. The first-order valence-electron chi connectivity index (χ1n) is 13.9. The second-order valence-electron chi connectivity index (χ2n) is 11.3. The van der Waals surface area contributed by atoms with Gasteiger partial charge in [0.15, 0.2) is 11.5 Å². The highest BCUT2D eigenvalue weighted by molar-refractivity contribution is 5.92. The molecule has 2 aromatic carbocycles. The molecule has 0 amide bonds. The lowest BCUT2D eigenvalue weighted by Crippen LogP contribution is -2.50. The maximum atomic E-state index is 5.62. The van der Waals surface area contributed by atoms with Crippen molar-refractivity contribution in [1.82, 2.24) is 20.1 Å². The fourth-order valence-electron chi connectivity index (χ4n) is 6.59. The van der Waals surface area contributed by atoms with Crippen LogP contribution in [-0.4, -0.2) is 74.8 Å². The fraction of sp³-hybridized carbons (Fsp3) is 0.548. The number of likely N-dealkylation sites (tertiary alicyclic amines) is 1. The molecule has 0 saturated carbocycles. The number of aromatic amines is 1. The van der Waals surface area contributed by atoms with Gasteiger partial charge in [-0.25, -0.2) is 0 Å². The number of methoxy groups -OCH3 is 2. The minimum absolute atomic E-state index is 0.383. The predicted octanol–water partition coefficient (Wildman–Crippen LogP) is 5.79. The summed E-state index contributed by atoms with van der Waals surface area (Å²) in [6.45, 7) is 8.03. The van der Waals surface area contributed by atoms with Crippen LogP contribution in [0, 0.1) is 0 Å². The first-order chi connectivity index (χ1) is 17.9. The first-order valence-corrected chi connectivity index (χ1v) is 13.9. The number of fused-ring (bicyclic) bond motifs is 1. The van der Waals surface area contributed by atoms with Gasteiger partial charge in [-0.1, -0.05) is 19.9 Å². The summed E-state index contributed by atoms with van der Waals surface area (Å²) in [7, 11) is 7.86. The summed E-state index contributed by atoms with van der Waals surface area (Å²) in [5.41, 5.74) is 6.33. The summed E-state index contributed by atoms with van der Waals surface area (Å²) >= 11 is 0. The molecule has 1 aromatic heterocycles. The van der Waals surface area contributed by atoms with E-state index in [1.54, 1.807) is 14.2 Å². The summed E-state index contributed by atoms with van der Waals surface area (Å²) < 4.78 is 11.1. The highest BCUT2D eigenvalue weighted by Crippen LogP contribution is 2.42. The van der Waals surface area contributed by atoms with E-state index >= 15 is 0 Å². The van der Waals surface area contributed by atoms with Crippen molar-refractivity contribution in [1.29, 1.82) is 0 Å². The number of nitrogens with zero attached hydrogens (tertiary/aromatic N) is 2. The summed E-state index contributed by atoms with van der Waals surface area (Å²) in [5, 5.41) is 4.90. The summed E-state index contributed by atoms with van der Waals surface area (Å²) in [4.78, 5) is 9.02. The average molecular weight is 505 g/mol. The lowest BCUT2D eigenvalue weighted by atomic mass is 9.87. The summed E-state index contributed by atoms with van der Waals surface area (Å²) in [6, 6.07) is 15.1. The number of H-pyrrole nitrogens is 1. The maximum Gasteiger partial charge on any atom is 0.161 e. The van der Waals surface area contributed by atoms with Crippen LogP contribution >= 0.6 is 0 Å². The predicted molar refractivity (Wildman–Crippen MR) is 153 cm³/mol. The Morgan fingerprint density at radius 2 is 1.70 bits per heavy atom. The van der Waals surface area contributed by atoms with E-state index in [0.717, 1.165) is 30.2 Å². The largest absolute Gasteiger partial charge is 0.493 e. The van der Waals surface area contributed by atoms with Gasteiger partial charge in [0.05, 0.1) is 19.9 Å². The fourth-order valence-corrected chi connectivity index (χ4v) is 6.59. The Bertz CT molecular complexity index is 1210. The molecular weight excluding hydrogens is 460 g/mol. The van der Waals surface area contributed by atoms with Crippen molar-refractivity contribution in [2.24, 2.45) is 0 Å². The van der Waals surface area contributed by atoms with Crippen molar-refractivity contribution < 1.29 is 9.47 Å². The van der Waals surface area contributed by atoms with Crippen LogP contribution in [0.1, 0.15) is 62.6 Å². The highest BCUT2D eigenvalue weighted by Gasteiger charge is 2.35. The molecule has 2 fully saturated rings.